The van der Waals surface area contributed by atoms with Crippen LogP contribution >= 0.6 is 0 Å². The van der Waals surface area contributed by atoms with Crippen LogP contribution in [0.1, 0.15) is 18.3 Å². The number of sulfonamides is 1. The van der Waals surface area contributed by atoms with Gasteiger partial charge in [0.25, 0.3) is 15.9 Å². The number of hydrogen-bond donors (Lipinski definition) is 2. The second kappa shape index (κ2) is 7.45. The number of hydrogen-bond acceptors (Lipinski definition) is 5. The van der Waals surface area contributed by atoms with Gasteiger partial charge in [0.15, 0.2) is 0 Å². The number of nitrogens with one attached hydrogen (secondary N) is 2. The number of rotatable bonds is 7. The summed E-state index contributed by atoms with van der Waals surface area (Å²) in [5.41, 5.74) is 3.78. The molecule has 1 heterocycles. The van der Waals surface area contributed by atoms with E-state index >= 15 is 0 Å². The van der Waals surface area contributed by atoms with Crippen LogP contribution in [-0.4, -0.2) is 30.7 Å². The molecule has 0 saturated carbocycles. The first-order chi connectivity index (χ1) is 11.3. The summed E-state index contributed by atoms with van der Waals surface area (Å²) in [7, 11) is -3.85. The SMILES string of the molecule is CCOc1ccc(S(=O)(=O)NNC(=O)Cn2nc(C)cc2C)cc1. The molecule has 0 aliphatic rings. The second-order valence-electron chi connectivity index (χ2n) is 5.14. The number of carbonyl (C=O) groups excluding carboxylic acids is 1. The second-order valence-corrected chi connectivity index (χ2v) is 6.83. The van der Waals surface area contributed by atoms with Crippen molar-refractivity contribution in [2.75, 3.05) is 6.61 Å². The van der Waals surface area contributed by atoms with E-state index in [2.05, 4.69) is 15.4 Å². The number of hydrazine groups is 1. The minimum absolute atomic E-state index is 0.0253. The maximum atomic E-state index is 12.1. The predicted molar refractivity (Wildman–Crippen MR) is 87.8 cm³/mol. The predicted octanol–water partition coefficient (Wildman–Crippen LogP) is 0.908. The molecule has 2 rings (SSSR count). The quantitative estimate of drug-likeness (QED) is 0.721. The number of nitrogens with zero attached hydrogens (tertiary/aromatic N) is 2. The van der Waals surface area contributed by atoms with E-state index in [1.165, 1.54) is 16.8 Å². The van der Waals surface area contributed by atoms with Crippen LogP contribution < -0.4 is 15.0 Å². The Morgan fingerprint density at radius 3 is 2.46 bits per heavy atom. The van der Waals surface area contributed by atoms with Crippen molar-refractivity contribution in [2.45, 2.75) is 32.2 Å². The number of amides is 1. The fourth-order valence-corrected chi connectivity index (χ4v) is 2.94. The van der Waals surface area contributed by atoms with Crippen LogP contribution in [0.4, 0.5) is 0 Å². The monoisotopic (exact) mass is 352 g/mol. The van der Waals surface area contributed by atoms with E-state index in [1.54, 1.807) is 12.1 Å². The summed E-state index contributed by atoms with van der Waals surface area (Å²) < 4.78 is 31.0. The highest BCUT2D eigenvalue weighted by Crippen LogP contribution is 2.15. The maximum Gasteiger partial charge on any atom is 0.257 e. The Bertz CT molecular complexity index is 812. The molecule has 8 nitrogen and oxygen atoms in total. The Morgan fingerprint density at radius 2 is 1.92 bits per heavy atom. The van der Waals surface area contributed by atoms with E-state index in [-0.39, 0.29) is 11.4 Å². The fraction of sp³-hybridized carbons (Fsp3) is 0.333. The zero-order chi connectivity index (χ0) is 17.7. The number of ether oxygens (including phenoxy) is 1. The maximum absolute atomic E-state index is 12.1. The van der Waals surface area contributed by atoms with Gasteiger partial charge in [-0.3, -0.25) is 14.9 Å². The third-order valence-corrected chi connectivity index (χ3v) is 4.43. The molecule has 0 aliphatic heterocycles. The van der Waals surface area contributed by atoms with Gasteiger partial charge in [0.2, 0.25) is 0 Å². The van der Waals surface area contributed by atoms with Crippen molar-refractivity contribution >= 4 is 15.9 Å². The first kappa shape index (κ1) is 18.0. The lowest BCUT2D eigenvalue weighted by atomic mass is 10.3. The zero-order valence-corrected chi connectivity index (χ0v) is 14.6. The highest BCUT2D eigenvalue weighted by molar-refractivity contribution is 7.89. The molecule has 0 atom stereocenters. The molecule has 0 radical (unpaired) electrons. The lowest BCUT2D eigenvalue weighted by molar-refractivity contribution is -0.122. The van der Waals surface area contributed by atoms with Gasteiger partial charge in [-0.25, -0.2) is 8.42 Å². The van der Waals surface area contributed by atoms with Crippen LogP contribution in [-0.2, 0) is 21.4 Å². The van der Waals surface area contributed by atoms with Gasteiger partial charge in [0.05, 0.1) is 17.2 Å². The Morgan fingerprint density at radius 1 is 1.25 bits per heavy atom. The molecule has 9 heteroatoms. The smallest absolute Gasteiger partial charge is 0.257 e. The Labute approximate surface area is 140 Å². The molecule has 0 saturated heterocycles. The lowest BCUT2D eigenvalue weighted by Crippen LogP contribution is -2.43. The van der Waals surface area contributed by atoms with Gasteiger partial charge in [0.1, 0.15) is 12.3 Å². The highest BCUT2D eigenvalue weighted by atomic mass is 32.2. The molecule has 0 unspecified atom stereocenters. The molecule has 2 N–H and O–H groups in total. The normalized spacial score (nSPS) is 11.3. The molecular formula is C15H20N4O4S. The summed E-state index contributed by atoms with van der Waals surface area (Å²) in [5, 5.41) is 4.14. The average Bonchev–Trinajstić information content (AvgIpc) is 2.84. The van der Waals surface area contributed by atoms with E-state index in [1.807, 2.05) is 26.8 Å². The minimum atomic E-state index is -3.85. The van der Waals surface area contributed by atoms with Crippen molar-refractivity contribution < 1.29 is 17.9 Å². The zero-order valence-electron chi connectivity index (χ0n) is 13.7. The average molecular weight is 352 g/mol. The molecule has 0 aliphatic carbocycles. The number of benzene rings is 1. The van der Waals surface area contributed by atoms with E-state index in [9.17, 15) is 13.2 Å². The molecule has 24 heavy (non-hydrogen) atoms. The summed E-state index contributed by atoms with van der Waals surface area (Å²) in [6.07, 6.45) is 0. The van der Waals surface area contributed by atoms with Crippen LogP contribution in [0.2, 0.25) is 0 Å². The molecule has 0 bridgehead atoms. The minimum Gasteiger partial charge on any atom is -0.494 e. The van der Waals surface area contributed by atoms with Crippen molar-refractivity contribution in [3.63, 3.8) is 0 Å². The largest absolute Gasteiger partial charge is 0.494 e. The molecule has 130 valence electrons. The van der Waals surface area contributed by atoms with Crippen LogP contribution in [0.15, 0.2) is 35.2 Å². The molecule has 1 amide bonds. The third-order valence-electron chi connectivity index (χ3n) is 3.17. The third kappa shape index (κ3) is 4.56. The van der Waals surface area contributed by atoms with Gasteiger partial charge in [-0.05, 0) is 51.1 Å². The van der Waals surface area contributed by atoms with Crippen LogP contribution in [0, 0.1) is 13.8 Å². The van der Waals surface area contributed by atoms with Crippen molar-refractivity contribution in [3.8, 4) is 5.75 Å². The standard InChI is InChI=1S/C15H20N4O4S/c1-4-23-13-5-7-14(8-6-13)24(21,22)18-16-15(20)10-19-12(3)9-11(2)17-19/h5-9,18H,4,10H2,1-3H3,(H,16,20). The first-order valence-electron chi connectivity index (χ1n) is 7.36. The summed E-state index contributed by atoms with van der Waals surface area (Å²) in [6.45, 7) is 5.89. The molecule has 2 aromatic rings. The number of aryl methyl sites for hydroxylation is 2. The van der Waals surface area contributed by atoms with Crippen molar-refractivity contribution in [2.24, 2.45) is 0 Å². The van der Waals surface area contributed by atoms with E-state index in [4.69, 9.17) is 4.74 Å². The Kier molecular flexibility index (Phi) is 5.58. The van der Waals surface area contributed by atoms with Crippen molar-refractivity contribution in [3.05, 3.63) is 41.7 Å². The van der Waals surface area contributed by atoms with Gasteiger partial charge >= 0.3 is 0 Å². The van der Waals surface area contributed by atoms with Crippen LogP contribution in [0.25, 0.3) is 0 Å². The van der Waals surface area contributed by atoms with Gasteiger partial charge in [0, 0.05) is 5.69 Å². The highest BCUT2D eigenvalue weighted by Gasteiger charge is 2.16. The Balaban J connectivity index is 1.96. The van der Waals surface area contributed by atoms with E-state index < -0.39 is 15.9 Å². The van der Waals surface area contributed by atoms with Gasteiger partial charge in [-0.2, -0.15) is 5.10 Å². The number of aromatic nitrogens is 2. The molecule has 0 spiro atoms. The van der Waals surface area contributed by atoms with Gasteiger partial charge in [-0.1, -0.05) is 0 Å². The van der Waals surface area contributed by atoms with E-state index in [0.29, 0.717) is 12.4 Å². The van der Waals surface area contributed by atoms with Crippen LogP contribution in [0.5, 0.6) is 5.75 Å². The summed E-state index contributed by atoms with van der Waals surface area (Å²) >= 11 is 0. The summed E-state index contributed by atoms with van der Waals surface area (Å²) in [5.74, 6) is 0.0562. The van der Waals surface area contributed by atoms with Gasteiger partial charge in [-0.15, -0.1) is 4.83 Å². The molecule has 1 aromatic heterocycles. The Hall–Kier alpha value is -2.39. The fourth-order valence-electron chi connectivity index (χ4n) is 2.08. The van der Waals surface area contributed by atoms with Crippen molar-refractivity contribution in [1.82, 2.24) is 20.0 Å². The molecule has 1 aromatic carbocycles. The lowest BCUT2D eigenvalue weighted by Gasteiger charge is -2.10. The summed E-state index contributed by atoms with van der Waals surface area (Å²) in [6, 6.07) is 7.74. The molecular weight excluding hydrogens is 332 g/mol. The summed E-state index contributed by atoms with van der Waals surface area (Å²) in [4.78, 5) is 14.0. The van der Waals surface area contributed by atoms with E-state index in [0.717, 1.165) is 11.4 Å². The number of carbonyl (C=O) groups is 1. The topological polar surface area (TPSA) is 102 Å². The van der Waals surface area contributed by atoms with Gasteiger partial charge < -0.3 is 4.74 Å². The van der Waals surface area contributed by atoms with Crippen LogP contribution in [0.3, 0.4) is 0 Å². The molecule has 0 fully saturated rings. The first-order valence-corrected chi connectivity index (χ1v) is 8.84. The van der Waals surface area contributed by atoms with Crippen molar-refractivity contribution in [1.29, 1.82) is 0 Å².